The lowest BCUT2D eigenvalue weighted by molar-refractivity contribution is -0.143. The van der Waals surface area contributed by atoms with Crippen LogP contribution in [-0.4, -0.2) is 23.3 Å². The molecule has 0 atom stereocenters. The first-order chi connectivity index (χ1) is 8.51. The Balaban J connectivity index is 2.56. The van der Waals surface area contributed by atoms with E-state index in [0.717, 1.165) is 12.8 Å². The van der Waals surface area contributed by atoms with Crippen LogP contribution in [-0.2, 0) is 10.2 Å². The highest BCUT2D eigenvalue weighted by atomic mass is 35.5. The van der Waals surface area contributed by atoms with E-state index in [1.165, 1.54) is 19.2 Å². The maximum atomic E-state index is 11.6. The average molecular weight is 271 g/mol. The number of hydrogen-bond donors (Lipinski definition) is 2. The number of halogens is 1. The van der Waals surface area contributed by atoms with E-state index < -0.39 is 11.4 Å². The molecule has 2 rings (SSSR count). The second-order valence-electron chi connectivity index (χ2n) is 4.60. The van der Waals surface area contributed by atoms with Crippen LogP contribution < -0.4 is 4.74 Å². The molecule has 0 saturated heterocycles. The highest BCUT2D eigenvalue weighted by Crippen LogP contribution is 2.46. The Hall–Kier alpha value is -1.42. The fraction of sp³-hybridized carbons (Fsp3) is 0.462. The number of ether oxygens (including phenoxy) is 1. The van der Waals surface area contributed by atoms with Gasteiger partial charge in [0.25, 0.3) is 0 Å². The largest absolute Gasteiger partial charge is 0.504 e. The summed E-state index contributed by atoms with van der Waals surface area (Å²) in [5, 5.41) is 19.6. The fourth-order valence-electron chi connectivity index (χ4n) is 2.65. The van der Waals surface area contributed by atoms with Crippen molar-refractivity contribution < 1.29 is 19.7 Å². The molecule has 0 aromatic heterocycles. The zero-order valence-electron chi connectivity index (χ0n) is 10.1. The van der Waals surface area contributed by atoms with Crippen molar-refractivity contribution in [2.45, 2.75) is 31.1 Å². The van der Waals surface area contributed by atoms with Gasteiger partial charge in [0.05, 0.1) is 12.5 Å². The summed E-state index contributed by atoms with van der Waals surface area (Å²) < 4.78 is 4.95. The summed E-state index contributed by atoms with van der Waals surface area (Å²) in [5.41, 5.74) is -0.492. The lowest BCUT2D eigenvalue weighted by Crippen LogP contribution is -2.32. The Morgan fingerprint density at radius 1 is 1.39 bits per heavy atom. The molecule has 0 radical (unpaired) electrons. The Morgan fingerprint density at radius 3 is 2.50 bits per heavy atom. The van der Waals surface area contributed by atoms with Crippen LogP contribution in [0.15, 0.2) is 12.1 Å². The molecule has 98 valence electrons. The molecule has 1 aliphatic rings. The van der Waals surface area contributed by atoms with Crippen LogP contribution in [0.4, 0.5) is 0 Å². The summed E-state index contributed by atoms with van der Waals surface area (Å²) in [6, 6.07) is 2.88. The van der Waals surface area contributed by atoms with Gasteiger partial charge >= 0.3 is 5.97 Å². The van der Waals surface area contributed by atoms with Gasteiger partial charge in [0, 0.05) is 11.1 Å². The monoisotopic (exact) mass is 270 g/mol. The molecule has 18 heavy (non-hydrogen) atoms. The van der Waals surface area contributed by atoms with Crippen LogP contribution in [0, 0.1) is 0 Å². The first kappa shape index (κ1) is 13.0. The van der Waals surface area contributed by atoms with Crippen molar-refractivity contribution in [3.63, 3.8) is 0 Å². The van der Waals surface area contributed by atoms with E-state index in [-0.39, 0.29) is 11.5 Å². The summed E-state index contributed by atoms with van der Waals surface area (Å²) in [6.45, 7) is 0. The summed E-state index contributed by atoms with van der Waals surface area (Å²) in [7, 11) is 1.42. The van der Waals surface area contributed by atoms with Crippen LogP contribution in [0.2, 0.25) is 5.02 Å². The maximum absolute atomic E-state index is 11.6. The van der Waals surface area contributed by atoms with E-state index in [1.807, 2.05) is 0 Å². The van der Waals surface area contributed by atoms with E-state index in [9.17, 15) is 15.0 Å². The Bertz CT molecular complexity index is 478. The minimum Gasteiger partial charge on any atom is -0.504 e. The molecule has 0 amide bonds. The third kappa shape index (κ3) is 1.90. The van der Waals surface area contributed by atoms with Crippen molar-refractivity contribution in [1.29, 1.82) is 0 Å². The molecule has 0 bridgehead atoms. The fourth-order valence-corrected chi connectivity index (χ4v) is 2.99. The SMILES string of the molecule is COc1cc(Cl)c(C2(C(=O)O)CCCC2)cc1O. The predicted molar refractivity (Wildman–Crippen MR) is 67.5 cm³/mol. The smallest absolute Gasteiger partial charge is 0.314 e. The number of carboxylic acids is 1. The second-order valence-corrected chi connectivity index (χ2v) is 5.01. The number of aromatic hydroxyl groups is 1. The highest BCUT2D eigenvalue weighted by Gasteiger charge is 2.44. The number of carboxylic acid groups (broad SMARTS) is 1. The van der Waals surface area contributed by atoms with Gasteiger partial charge in [-0.1, -0.05) is 24.4 Å². The number of phenols is 1. The lowest BCUT2D eigenvalue weighted by Gasteiger charge is -2.26. The summed E-state index contributed by atoms with van der Waals surface area (Å²) >= 11 is 6.14. The van der Waals surface area contributed by atoms with Crippen molar-refractivity contribution in [3.8, 4) is 11.5 Å². The van der Waals surface area contributed by atoms with E-state index in [1.54, 1.807) is 0 Å². The molecule has 1 saturated carbocycles. The van der Waals surface area contributed by atoms with Crippen LogP contribution in [0.5, 0.6) is 11.5 Å². The van der Waals surface area contributed by atoms with Crippen molar-refractivity contribution in [2.24, 2.45) is 0 Å². The van der Waals surface area contributed by atoms with E-state index in [2.05, 4.69) is 0 Å². The molecule has 4 nitrogen and oxygen atoms in total. The van der Waals surface area contributed by atoms with Gasteiger partial charge in [-0.25, -0.2) is 0 Å². The maximum Gasteiger partial charge on any atom is 0.314 e. The van der Waals surface area contributed by atoms with E-state index >= 15 is 0 Å². The molecule has 0 aliphatic heterocycles. The van der Waals surface area contributed by atoms with Crippen LogP contribution in [0.1, 0.15) is 31.2 Å². The third-order valence-electron chi connectivity index (χ3n) is 3.65. The molecule has 1 aliphatic carbocycles. The lowest BCUT2D eigenvalue weighted by atomic mass is 9.79. The molecule has 5 heteroatoms. The molecular weight excluding hydrogens is 256 g/mol. The zero-order chi connectivity index (χ0) is 13.3. The molecule has 1 aromatic rings. The van der Waals surface area contributed by atoms with Crippen LogP contribution >= 0.6 is 11.6 Å². The number of methoxy groups -OCH3 is 1. The minimum absolute atomic E-state index is 0.0792. The highest BCUT2D eigenvalue weighted by molar-refractivity contribution is 6.32. The molecule has 0 unspecified atom stereocenters. The zero-order valence-corrected chi connectivity index (χ0v) is 10.8. The second kappa shape index (κ2) is 4.69. The quantitative estimate of drug-likeness (QED) is 0.886. The number of rotatable bonds is 3. The molecule has 1 aromatic carbocycles. The number of phenolic OH excluding ortho intramolecular Hbond substituents is 1. The van der Waals surface area contributed by atoms with Gasteiger partial charge in [-0.2, -0.15) is 0 Å². The van der Waals surface area contributed by atoms with Crippen molar-refractivity contribution in [2.75, 3.05) is 7.11 Å². The summed E-state index contributed by atoms with van der Waals surface area (Å²) in [5.74, 6) is -0.710. The Kier molecular flexibility index (Phi) is 3.39. The summed E-state index contributed by atoms with van der Waals surface area (Å²) in [6.07, 6.45) is 2.81. The Morgan fingerprint density at radius 2 is 2.00 bits per heavy atom. The number of carbonyl (C=O) groups is 1. The normalized spacial score (nSPS) is 17.7. The first-order valence-electron chi connectivity index (χ1n) is 5.81. The topological polar surface area (TPSA) is 66.8 Å². The van der Waals surface area contributed by atoms with Gasteiger partial charge in [-0.3, -0.25) is 4.79 Å². The van der Waals surface area contributed by atoms with E-state index in [4.69, 9.17) is 16.3 Å². The van der Waals surface area contributed by atoms with Gasteiger partial charge in [-0.15, -0.1) is 0 Å². The number of hydrogen-bond acceptors (Lipinski definition) is 3. The Labute approximate surface area is 110 Å². The van der Waals surface area contributed by atoms with Crippen LogP contribution in [0.3, 0.4) is 0 Å². The molecular formula is C13H15ClO4. The third-order valence-corrected chi connectivity index (χ3v) is 3.96. The van der Waals surface area contributed by atoms with Gasteiger partial charge < -0.3 is 14.9 Å². The molecule has 1 fully saturated rings. The number of aliphatic carboxylic acids is 1. The van der Waals surface area contributed by atoms with E-state index in [0.29, 0.717) is 23.4 Å². The first-order valence-corrected chi connectivity index (χ1v) is 6.19. The van der Waals surface area contributed by atoms with Crippen molar-refractivity contribution >= 4 is 17.6 Å². The predicted octanol–water partition coefficient (Wildman–Crippen LogP) is 2.95. The van der Waals surface area contributed by atoms with Gasteiger partial charge in [0.1, 0.15) is 0 Å². The molecule has 0 heterocycles. The van der Waals surface area contributed by atoms with Gasteiger partial charge in [0.2, 0.25) is 0 Å². The average Bonchev–Trinajstić information content (AvgIpc) is 2.82. The van der Waals surface area contributed by atoms with Crippen molar-refractivity contribution in [3.05, 3.63) is 22.7 Å². The minimum atomic E-state index is -0.971. The molecule has 0 spiro atoms. The molecule has 2 N–H and O–H groups in total. The standard InChI is InChI=1S/C13H15ClO4/c1-18-11-7-9(14)8(6-10(11)15)13(12(16)17)4-2-3-5-13/h6-7,15H,2-5H2,1H3,(H,16,17). The van der Waals surface area contributed by atoms with Gasteiger partial charge in [0.15, 0.2) is 11.5 Å². The summed E-state index contributed by atoms with van der Waals surface area (Å²) in [4.78, 5) is 11.6. The number of benzene rings is 1. The van der Waals surface area contributed by atoms with Crippen molar-refractivity contribution in [1.82, 2.24) is 0 Å². The van der Waals surface area contributed by atoms with Crippen LogP contribution in [0.25, 0.3) is 0 Å². The van der Waals surface area contributed by atoms with Gasteiger partial charge in [-0.05, 0) is 24.5 Å².